The minimum absolute atomic E-state index is 0.138. The Kier molecular flexibility index (Phi) is 5.78. The van der Waals surface area contributed by atoms with Crippen molar-refractivity contribution < 1.29 is 9.18 Å². The molecule has 0 radical (unpaired) electrons. The Morgan fingerprint density at radius 3 is 2.85 bits per heavy atom. The van der Waals surface area contributed by atoms with E-state index in [1.54, 1.807) is 12.1 Å². The molecule has 6 nitrogen and oxygen atoms in total. The van der Waals surface area contributed by atoms with E-state index in [1.807, 2.05) is 13.0 Å². The van der Waals surface area contributed by atoms with Crippen LogP contribution in [-0.4, -0.2) is 41.6 Å². The van der Waals surface area contributed by atoms with Crippen LogP contribution in [-0.2, 0) is 11.2 Å². The summed E-state index contributed by atoms with van der Waals surface area (Å²) < 4.78 is 13.0. The second-order valence-corrected chi connectivity index (χ2v) is 6.46. The molecule has 1 fully saturated rings. The molecule has 1 aliphatic rings. The van der Waals surface area contributed by atoms with Gasteiger partial charge in [0.15, 0.2) is 0 Å². The number of halogens is 1. The molecule has 1 saturated heterocycles. The van der Waals surface area contributed by atoms with E-state index in [0.29, 0.717) is 18.8 Å². The van der Waals surface area contributed by atoms with Crippen LogP contribution in [0, 0.1) is 12.7 Å². The molecule has 1 amide bonds. The number of piperazine rings is 1. The zero-order valence-electron chi connectivity index (χ0n) is 15.1. The molecular weight excluding hydrogens is 333 g/mol. The summed E-state index contributed by atoms with van der Waals surface area (Å²) in [6.07, 6.45) is 1.94. The normalized spacial score (nSPS) is 17.2. The van der Waals surface area contributed by atoms with Gasteiger partial charge in [0, 0.05) is 37.1 Å². The summed E-state index contributed by atoms with van der Waals surface area (Å²) in [5, 5.41) is 6.06. The monoisotopic (exact) mass is 357 g/mol. The van der Waals surface area contributed by atoms with Gasteiger partial charge in [0.05, 0.1) is 0 Å². The number of carbonyl (C=O) groups is 1. The minimum atomic E-state index is -0.362. The van der Waals surface area contributed by atoms with Crippen molar-refractivity contribution >= 4 is 17.4 Å². The zero-order valence-corrected chi connectivity index (χ0v) is 15.1. The van der Waals surface area contributed by atoms with Crippen LogP contribution in [0.2, 0.25) is 0 Å². The first kappa shape index (κ1) is 18.3. The van der Waals surface area contributed by atoms with Gasteiger partial charge in [-0.2, -0.15) is 0 Å². The number of nitrogens with zero attached hydrogens (tertiary/aromatic N) is 3. The lowest BCUT2D eigenvalue weighted by atomic mass is 10.1. The highest BCUT2D eigenvalue weighted by molar-refractivity contribution is 5.95. The number of carbonyl (C=O) groups excluding carboxylic acids is 1. The van der Waals surface area contributed by atoms with Gasteiger partial charge in [0.2, 0.25) is 5.91 Å². The van der Waals surface area contributed by atoms with Gasteiger partial charge in [-0.3, -0.25) is 4.79 Å². The number of rotatable bonds is 5. The molecule has 0 saturated carbocycles. The molecule has 2 heterocycles. The van der Waals surface area contributed by atoms with E-state index < -0.39 is 0 Å². The molecule has 0 bridgehead atoms. The van der Waals surface area contributed by atoms with Gasteiger partial charge in [0.1, 0.15) is 23.5 Å². The van der Waals surface area contributed by atoms with Crippen molar-refractivity contribution in [1.82, 2.24) is 15.3 Å². The second kappa shape index (κ2) is 8.23. The third-order valence-electron chi connectivity index (χ3n) is 4.31. The molecule has 2 N–H and O–H groups in total. The number of nitrogens with one attached hydrogen (secondary N) is 2. The molecule has 3 rings (SSSR count). The van der Waals surface area contributed by atoms with Crippen LogP contribution in [0.25, 0.3) is 0 Å². The Morgan fingerprint density at radius 1 is 1.35 bits per heavy atom. The summed E-state index contributed by atoms with van der Waals surface area (Å²) in [4.78, 5) is 23.7. The van der Waals surface area contributed by atoms with E-state index in [9.17, 15) is 9.18 Å². The number of aromatic nitrogens is 2. The maximum Gasteiger partial charge on any atom is 0.243 e. The highest BCUT2D eigenvalue weighted by Crippen LogP contribution is 2.17. The summed E-state index contributed by atoms with van der Waals surface area (Å²) in [5.74, 6) is 1.15. The molecule has 0 spiro atoms. The summed E-state index contributed by atoms with van der Waals surface area (Å²) in [5.41, 5.74) is 1.61. The SMILES string of the molecule is CCCc1cc(N2CCN[C@H](C(=O)Nc3ccc(F)cc3)C2)nc(C)n1. The van der Waals surface area contributed by atoms with Crippen molar-refractivity contribution in [1.29, 1.82) is 0 Å². The summed E-state index contributed by atoms with van der Waals surface area (Å²) >= 11 is 0. The summed E-state index contributed by atoms with van der Waals surface area (Å²) in [6, 6.07) is 7.41. The van der Waals surface area contributed by atoms with Crippen molar-refractivity contribution in [2.75, 3.05) is 29.9 Å². The molecule has 1 atom stereocenters. The first-order chi connectivity index (χ1) is 12.5. The first-order valence-electron chi connectivity index (χ1n) is 8.94. The average Bonchev–Trinajstić information content (AvgIpc) is 2.63. The molecule has 138 valence electrons. The molecule has 26 heavy (non-hydrogen) atoms. The largest absolute Gasteiger partial charge is 0.353 e. The van der Waals surface area contributed by atoms with Gasteiger partial charge in [-0.15, -0.1) is 0 Å². The number of hydrogen-bond acceptors (Lipinski definition) is 5. The predicted molar refractivity (Wildman–Crippen MR) is 99.8 cm³/mol. The first-order valence-corrected chi connectivity index (χ1v) is 8.94. The Bertz CT molecular complexity index is 765. The third-order valence-corrected chi connectivity index (χ3v) is 4.31. The second-order valence-electron chi connectivity index (χ2n) is 6.46. The van der Waals surface area contributed by atoms with Gasteiger partial charge in [0.25, 0.3) is 0 Å². The van der Waals surface area contributed by atoms with Gasteiger partial charge in [-0.25, -0.2) is 14.4 Å². The van der Waals surface area contributed by atoms with Gasteiger partial charge in [-0.1, -0.05) is 13.3 Å². The quantitative estimate of drug-likeness (QED) is 0.859. The number of anilines is 2. The topological polar surface area (TPSA) is 70.2 Å². The van der Waals surface area contributed by atoms with Crippen LogP contribution >= 0.6 is 0 Å². The fraction of sp³-hybridized carbons (Fsp3) is 0.421. The fourth-order valence-electron chi connectivity index (χ4n) is 3.05. The molecular formula is C19H24FN5O. The standard InChI is InChI=1S/C19H24FN5O/c1-3-4-16-11-18(23-13(2)22-16)25-10-9-21-17(12-25)19(26)24-15-7-5-14(20)6-8-15/h5-8,11,17,21H,3-4,9-10,12H2,1-2H3,(H,24,26)/t17-/m0/s1. The van der Waals surface area contributed by atoms with Gasteiger partial charge >= 0.3 is 0 Å². The molecule has 2 aromatic rings. The van der Waals surface area contributed by atoms with Crippen molar-refractivity contribution in [2.45, 2.75) is 32.7 Å². The number of benzene rings is 1. The van der Waals surface area contributed by atoms with Crippen LogP contribution in [0.1, 0.15) is 24.9 Å². The summed E-state index contributed by atoms with van der Waals surface area (Å²) in [6.45, 7) is 6.01. The van der Waals surface area contributed by atoms with E-state index in [4.69, 9.17) is 0 Å². The van der Waals surface area contributed by atoms with Crippen molar-refractivity contribution in [3.63, 3.8) is 0 Å². The predicted octanol–water partition coefficient (Wildman–Crippen LogP) is 2.29. The molecule has 1 aliphatic heterocycles. The van der Waals surface area contributed by atoms with E-state index >= 15 is 0 Å². The Balaban J connectivity index is 1.68. The number of hydrogen-bond donors (Lipinski definition) is 2. The average molecular weight is 357 g/mol. The lowest BCUT2D eigenvalue weighted by Gasteiger charge is -2.34. The Hall–Kier alpha value is -2.54. The smallest absolute Gasteiger partial charge is 0.243 e. The van der Waals surface area contributed by atoms with E-state index in [1.165, 1.54) is 12.1 Å². The number of amides is 1. The van der Waals surface area contributed by atoms with Crippen LogP contribution in [0.5, 0.6) is 0 Å². The Morgan fingerprint density at radius 2 is 2.12 bits per heavy atom. The van der Waals surface area contributed by atoms with Crippen LogP contribution in [0.15, 0.2) is 30.3 Å². The molecule has 0 unspecified atom stereocenters. The summed E-state index contributed by atoms with van der Waals surface area (Å²) in [7, 11) is 0. The molecule has 7 heteroatoms. The zero-order chi connectivity index (χ0) is 18.5. The van der Waals surface area contributed by atoms with Crippen molar-refractivity contribution in [3.05, 3.63) is 47.7 Å². The maximum absolute atomic E-state index is 13.0. The minimum Gasteiger partial charge on any atom is -0.353 e. The van der Waals surface area contributed by atoms with E-state index in [-0.39, 0.29) is 17.8 Å². The molecule has 1 aromatic heterocycles. The van der Waals surface area contributed by atoms with Crippen LogP contribution in [0.3, 0.4) is 0 Å². The highest BCUT2D eigenvalue weighted by atomic mass is 19.1. The molecule has 1 aromatic carbocycles. The number of aryl methyl sites for hydroxylation is 2. The van der Waals surface area contributed by atoms with Crippen LogP contribution in [0.4, 0.5) is 15.9 Å². The van der Waals surface area contributed by atoms with Crippen molar-refractivity contribution in [3.8, 4) is 0 Å². The Labute approximate surface area is 152 Å². The fourth-order valence-corrected chi connectivity index (χ4v) is 3.05. The van der Waals surface area contributed by atoms with Crippen molar-refractivity contribution in [2.24, 2.45) is 0 Å². The van der Waals surface area contributed by atoms with Gasteiger partial charge < -0.3 is 15.5 Å². The lowest BCUT2D eigenvalue weighted by Crippen LogP contribution is -2.56. The third kappa shape index (κ3) is 4.54. The maximum atomic E-state index is 13.0. The highest BCUT2D eigenvalue weighted by Gasteiger charge is 2.26. The van der Waals surface area contributed by atoms with E-state index in [2.05, 4.69) is 32.4 Å². The van der Waals surface area contributed by atoms with Crippen LogP contribution < -0.4 is 15.5 Å². The van der Waals surface area contributed by atoms with E-state index in [0.717, 1.165) is 36.7 Å². The lowest BCUT2D eigenvalue weighted by molar-refractivity contribution is -0.118. The van der Waals surface area contributed by atoms with Gasteiger partial charge in [-0.05, 0) is 37.6 Å². The molecule has 0 aliphatic carbocycles.